The fourth-order valence-corrected chi connectivity index (χ4v) is 6.81. The number of carbonyl (C=O) groups is 1. The fraction of sp³-hybridized carbons (Fsp3) is 0.731. The average Bonchev–Trinajstić information content (AvgIpc) is 2.73. The summed E-state index contributed by atoms with van der Waals surface area (Å²) in [6.07, 6.45) is 4.83. The van der Waals surface area contributed by atoms with Crippen molar-refractivity contribution >= 4 is 21.3 Å². The lowest BCUT2D eigenvalue weighted by molar-refractivity contribution is -0.123. The van der Waals surface area contributed by atoms with Gasteiger partial charge in [-0.05, 0) is 83.4 Å². The first-order valence-electron chi connectivity index (χ1n) is 12.2. The van der Waals surface area contributed by atoms with Gasteiger partial charge in [-0.15, -0.1) is 0 Å². The predicted molar refractivity (Wildman–Crippen MR) is 131 cm³/mol. The van der Waals surface area contributed by atoms with E-state index in [0.717, 1.165) is 44.3 Å². The van der Waals surface area contributed by atoms with Crippen molar-refractivity contribution in [3.8, 4) is 0 Å². The molecule has 1 heterocycles. The van der Waals surface area contributed by atoms with Gasteiger partial charge in [-0.1, -0.05) is 19.1 Å². The van der Waals surface area contributed by atoms with Crippen LogP contribution in [0.1, 0.15) is 72.3 Å². The zero-order valence-electron chi connectivity index (χ0n) is 20.5. The normalized spacial score (nSPS) is 27.3. The Balaban J connectivity index is 1.50. The van der Waals surface area contributed by atoms with Crippen molar-refractivity contribution in [2.24, 2.45) is 11.8 Å². The summed E-state index contributed by atoms with van der Waals surface area (Å²) in [5.74, 6) is 0.803. The lowest BCUT2D eigenvalue weighted by atomic mass is 9.79. The summed E-state index contributed by atoms with van der Waals surface area (Å²) in [6.45, 7) is 11.6. The van der Waals surface area contributed by atoms with Crippen molar-refractivity contribution in [1.29, 1.82) is 0 Å². The second kappa shape index (κ2) is 10.3. The summed E-state index contributed by atoms with van der Waals surface area (Å²) in [5, 5.41) is 0. The van der Waals surface area contributed by atoms with Gasteiger partial charge in [0.1, 0.15) is 5.78 Å². The number of ether oxygens (including phenoxy) is 1. The van der Waals surface area contributed by atoms with Gasteiger partial charge >= 0.3 is 0 Å². The molecule has 180 valence electrons. The van der Waals surface area contributed by atoms with Crippen molar-refractivity contribution in [2.75, 3.05) is 23.7 Å². The monoisotopic (exact) mass is 463 g/mol. The van der Waals surface area contributed by atoms with E-state index in [1.54, 1.807) is 0 Å². The summed E-state index contributed by atoms with van der Waals surface area (Å²) in [6, 6.07) is 8.38. The highest BCUT2D eigenvalue weighted by molar-refractivity contribution is 7.92. The number of hydrogen-bond acceptors (Lipinski definition) is 5. The number of anilines is 1. The molecule has 2 aliphatic rings. The van der Waals surface area contributed by atoms with Crippen LogP contribution in [0.3, 0.4) is 0 Å². The van der Waals surface area contributed by atoms with E-state index in [0.29, 0.717) is 18.6 Å². The molecule has 0 amide bonds. The summed E-state index contributed by atoms with van der Waals surface area (Å²) >= 11 is 0. The van der Waals surface area contributed by atoms with Crippen LogP contribution in [0.2, 0.25) is 0 Å². The molecule has 6 heteroatoms. The number of benzene rings is 1. The third-order valence-electron chi connectivity index (χ3n) is 7.55. The minimum Gasteiger partial charge on any atom is -0.372 e. The van der Waals surface area contributed by atoms with Crippen molar-refractivity contribution in [3.05, 3.63) is 29.8 Å². The number of Topliss-reactive ketones (excluding diaryl/α,β-unsaturated/α-hetero) is 1. The lowest BCUT2D eigenvalue weighted by Gasteiger charge is -2.37. The Hall–Kier alpha value is -1.40. The molecule has 2 fully saturated rings. The highest BCUT2D eigenvalue weighted by Gasteiger charge is 2.36. The van der Waals surface area contributed by atoms with Crippen molar-refractivity contribution < 1.29 is 17.9 Å². The van der Waals surface area contributed by atoms with Crippen molar-refractivity contribution in [2.45, 2.75) is 90.1 Å². The molecule has 1 aliphatic carbocycles. The molecular formula is C26H41NO4S. The molecule has 5 nitrogen and oxygen atoms in total. The number of sulfone groups is 1. The van der Waals surface area contributed by atoms with E-state index in [1.807, 2.05) is 20.8 Å². The average molecular weight is 464 g/mol. The van der Waals surface area contributed by atoms with E-state index in [4.69, 9.17) is 4.74 Å². The summed E-state index contributed by atoms with van der Waals surface area (Å²) < 4.78 is 30.6. The van der Waals surface area contributed by atoms with Gasteiger partial charge in [-0.2, -0.15) is 0 Å². The van der Waals surface area contributed by atoms with Crippen LogP contribution in [0.15, 0.2) is 24.3 Å². The maximum atomic E-state index is 12.9. The number of rotatable bonds is 8. The summed E-state index contributed by atoms with van der Waals surface area (Å²) in [7, 11) is -3.11. The van der Waals surface area contributed by atoms with Gasteiger partial charge in [0.25, 0.3) is 0 Å². The number of nitrogens with zero attached hydrogens (tertiary/aromatic N) is 1. The Morgan fingerprint density at radius 1 is 1.03 bits per heavy atom. The van der Waals surface area contributed by atoms with Crippen molar-refractivity contribution in [1.82, 2.24) is 0 Å². The van der Waals surface area contributed by atoms with Gasteiger partial charge in [0.2, 0.25) is 0 Å². The summed E-state index contributed by atoms with van der Waals surface area (Å²) in [5.41, 5.74) is 2.24. The number of morpholine rings is 1. The molecule has 1 saturated carbocycles. The molecule has 0 N–H and O–H groups in total. The molecule has 1 aromatic rings. The molecule has 2 atom stereocenters. The topological polar surface area (TPSA) is 63.7 Å². The molecular weight excluding hydrogens is 422 g/mol. The van der Waals surface area contributed by atoms with E-state index in [-0.39, 0.29) is 29.8 Å². The number of ketones is 1. The van der Waals surface area contributed by atoms with Gasteiger partial charge in [0, 0.05) is 31.1 Å². The highest BCUT2D eigenvalue weighted by Crippen LogP contribution is 2.34. The van der Waals surface area contributed by atoms with E-state index < -0.39 is 14.6 Å². The quantitative estimate of drug-likeness (QED) is 0.553. The Bertz CT molecular complexity index is 860. The zero-order chi connectivity index (χ0) is 23.5. The molecule has 1 saturated heterocycles. The smallest absolute Gasteiger partial charge is 0.155 e. The highest BCUT2D eigenvalue weighted by atomic mass is 32.2. The molecule has 0 bridgehead atoms. The van der Waals surface area contributed by atoms with Crippen LogP contribution in [-0.4, -0.2) is 50.0 Å². The van der Waals surface area contributed by atoms with E-state index >= 15 is 0 Å². The number of hydrogen-bond donors (Lipinski definition) is 0. The lowest BCUT2D eigenvalue weighted by Crippen LogP contribution is -2.45. The third kappa shape index (κ3) is 6.13. The molecule has 3 rings (SSSR count). The Kier molecular flexibility index (Phi) is 8.08. The molecule has 0 aromatic heterocycles. The molecule has 1 aliphatic heterocycles. The molecule has 0 spiro atoms. The first-order valence-corrected chi connectivity index (χ1v) is 13.9. The van der Waals surface area contributed by atoms with Gasteiger partial charge in [0.15, 0.2) is 9.84 Å². The molecule has 0 unspecified atom stereocenters. The van der Waals surface area contributed by atoms with Crippen LogP contribution in [0.4, 0.5) is 5.69 Å². The van der Waals surface area contributed by atoms with Crippen LogP contribution in [0.5, 0.6) is 0 Å². The second-order valence-electron chi connectivity index (χ2n) is 10.6. The molecule has 0 radical (unpaired) electrons. The van der Waals surface area contributed by atoms with Gasteiger partial charge in [-0.25, -0.2) is 8.42 Å². The second-order valence-corrected chi connectivity index (χ2v) is 13.3. The number of carbonyl (C=O) groups excluding carboxylic acids is 1. The van der Waals surface area contributed by atoms with Crippen LogP contribution in [0, 0.1) is 11.8 Å². The minimum absolute atomic E-state index is 0.0637. The van der Waals surface area contributed by atoms with Crippen LogP contribution in [-0.2, 0) is 25.8 Å². The van der Waals surface area contributed by atoms with Gasteiger partial charge < -0.3 is 9.64 Å². The van der Waals surface area contributed by atoms with E-state index in [2.05, 4.69) is 43.0 Å². The standard InChI is InChI=1S/C26H41NO4S/c1-6-26(4,5)32(29,30)18-22-7-11-23(12-8-22)25(28)15-21-9-13-24(14-10-21)27-16-19(2)31-20(3)17-27/h9-10,13-14,19-20,22-23H,6-8,11-12,15-18H2,1-5H3/t19-,20+,22?,23?. The molecule has 32 heavy (non-hydrogen) atoms. The van der Waals surface area contributed by atoms with Crippen LogP contribution >= 0.6 is 0 Å². The van der Waals surface area contributed by atoms with E-state index in [1.165, 1.54) is 5.69 Å². The maximum absolute atomic E-state index is 12.9. The maximum Gasteiger partial charge on any atom is 0.155 e. The first kappa shape index (κ1) is 25.2. The zero-order valence-corrected chi connectivity index (χ0v) is 21.3. The fourth-order valence-electron chi connectivity index (χ4n) is 4.97. The van der Waals surface area contributed by atoms with Crippen LogP contribution < -0.4 is 4.90 Å². The minimum atomic E-state index is -3.11. The predicted octanol–water partition coefficient (Wildman–Crippen LogP) is 4.82. The Labute approximate surface area is 194 Å². The van der Waals surface area contributed by atoms with Gasteiger partial charge in [0.05, 0.1) is 22.7 Å². The Morgan fingerprint density at radius 2 is 1.59 bits per heavy atom. The molecule has 1 aromatic carbocycles. The Morgan fingerprint density at radius 3 is 2.12 bits per heavy atom. The largest absolute Gasteiger partial charge is 0.372 e. The first-order chi connectivity index (χ1) is 15.0. The van der Waals surface area contributed by atoms with Gasteiger partial charge in [-0.3, -0.25) is 4.79 Å². The third-order valence-corrected chi connectivity index (χ3v) is 10.4. The van der Waals surface area contributed by atoms with Crippen LogP contribution in [0.25, 0.3) is 0 Å². The summed E-state index contributed by atoms with van der Waals surface area (Å²) in [4.78, 5) is 15.2. The SMILES string of the molecule is CCC(C)(C)S(=O)(=O)CC1CCC(C(=O)Cc2ccc(N3C[C@@H](C)O[C@@H](C)C3)cc2)CC1. The van der Waals surface area contributed by atoms with Crippen molar-refractivity contribution in [3.63, 3.8) is 0 Å². The van der Waals surface area contributed by atoms with E-state index in [9.17, 15) is 13.2 Å².